The van der Waals surface area contributed by atoms with Gasteiger partial charge in [0.15, 0.2) is 0 Å². The second-order valence-electron chi connectivity index (χ2n) is 13.0. The van der Waals surface area contributed by atoms with Crippen molar-refractivity contribution >= 4 is 78.9 Å². The van der Waals surface area contributed by atoms with E-state index in [1.54, 1.807) is 60.7 Å². The number of anilines is 8. The fourth-order valence-corrected chi connectivity index (χ4v) is 7.83. The van der Waals surface area contributed by atoms with Gasteiger partial charge in [-0.1, -0.05) is 121 Å². The molecule has 2 aromatic heterocycles. The molecule has 6 aromatic carbocycles. The lowest BCUT2D eigenvalue weighted by atomic mass is 10.1. The van der Waals surface area contributed by atoms with E-state index in [0.29, 0.717) is 22.7 Å². The minimum Gasteiger partial charge on any atom is -0.339 e. The number of hydrogen-bond acceptors (Lipinski definition) is 16. The molecule has 62 heavy (non-hydrogen) atoms. The molecule has 0 aliphatic carbocycles. The van der Waals surface area contributed by atoms with Gasteiger partial charge in [0.2, 0.25) is 23.8 Å². The third-order valence-electron chi connectivity index (χ3n) is 8.54. The lowest BCUT2D eigenvalue weighted by Crippen LogP contribution is -2.15. The Bertz CT molecular complexity index is 2730. The number of nitrogens with one attached hydrogen (secondary N) is 4. The average Bonchev–Trinajstić information content (AvgIpc) is 3.27. The molecule has 0 bridgehead atoms. The second-order valence-corrected chi connectivity index (χ2v) is 16.0. The lowest BCUT2D eigenvalue weighted by molar-refractivity contribution is 0.461. The van der Waals surface area contributed by atoms with Crippen molar-refractivity contribution in [2.24, 2.45) is 0 Å². The standard InChI is InChI=1S/C44H34N10O6S2/c55-61(56,59-43-51-39(45-33-19-5-1-6-20-33)49-40(52-43)46-34-21-7-2-8-22-34)37-27-15-13-17-31(37)29-30-32-18-14-16-28-38(32)62(57,58)60-44-53-41(47-35-23-9-3-10-24-35)50-42(54-44)48-36-25-11-4-12-26-36/h1-30H,(H2,45,46,49,51,52)(H2,47,48,50,53,54). The molecule has 0 aliphatic rings. The summed E-state index contributed by atoms with van der Waals surface area (Å²) in [6.45, 7) is 0. The first-order valence-corrected chi connectivity index (χ1v) is 21.5. The molecule has 0 saturated heterocycles. The van der Waals surface area contributed by atoms with Crippen molar-refractivity contribution in [3.8, 4) is 12.0 Å². The number of rotatable bonds is 16. The summed E-state index contributed by atoms with van der Waals surface area (Å²) in [6.07, 6.45) is 2.88. The number of para-hydroxylation sites is 4. The number of benzene rings is 6. The summed E-state index contributed by atoms with van der Waals surface area (Å²) in [6, 6.07) is 47.3. The van der Waals surface area contributed by atoms with E-state index in [2.05, 4.69) is 51.2 Å². The molecule has 4 N–H and O–H groups in total. The molecule has 0 aliphatic heterocycles. The zero-order chi connectivity index (χ0) is 42.8. The van der Waals surface area contributed by atoms with Gasteiger partial charge in [-0.25, -0.2) is 0 Å². The smallest absolute Gasteiger partial charge is 0.339 e. The summed E-state index contributed by atoms with van der Waals surface area (Å²) in [5, 5.41) is 12.2. The molecular weight excluding hydrogens is 829 g/mol. The molecule has 16 nitrogen and oxygen atoms in total. The molecule has 0 spiro atoms. The minimum atomic E-state index is -4.60. The Labute approximate surface area is 356 Å². The van der Waals surface area contributed by atoms with Gasteiger partial charge in [-0.3, -0.25) is 0 Å². The van der Waals surface area contributed by atoms with E-state index >= 15 is 0 Å². The van der Waals surface area contributed by atoms with Gasteiger partial charge in [0, 0.05) is 22.7 Å². The summed E-state index contributed by atoms with van der Waals surface area (Å²) >= 11 is 0. The highest BCUT2D eigenvalue weighted by Gasteiger charge is 2.25. The van der Waals surface area contributed by atoms with Gasteiger partial charge in [0.1, 0.15) is 9.79 Å². The van der Waals surface area contributed by atoms with E-state index in [1.165, 1.54) is 48.6 Å². The van der Waals surface area contributed by atoms with Gasteiger partial charge in [-0.2, -0.15) is 46.7 Å². The van der Waals surface area contributed by atoms with Crippen molar-refractivity contribution in [1.29, 1.82) is 0 Å². The first-order valence-electron chi connectivity index (χ1n) is 18.7. The van der Waals surface area contributed by atoms with Crippen LogP contribution in [0, 0.1) is 0 Å². The molecule has 0 radical (unpaired) electrons. The molecule has 0 saturated carbocycles. The second kappa shape index (κ2) is 18.4. The van der Waals surface area contributed by atoms with Crippen LogP contribution in [0.25, 0.3) is 12.2 Å². The van der Waals surface area contributed by atoms with Gasteiger partial charge in [-0.15, -0.1) is 0 Å². The SMILES string of the molecule is O=S(=O)(Oc1nc(Nc2ccccc2)nc(Nc2ccccc2)n1)c1ccccc1C=Cc1ccccc1S(=O)(=O)Oc1nc(Nc2ccccc2)nc(Nc2ccccc2)n1. The molecule has 2 heterocycles. The van der Waals surface area contributed by atoms with Crippen LogP contribution in [0.3, 0.4) is 0 Å². The van der Waals surface area contributed by atoms with Crippen molar-refractivity contribution in [3.63, 3.8) is 0 Å². The van der Waals surface area contributed by atoms with Gasteiger partial charge in [-0.05, 0) is 71.8 Å². The molecule has 308 valence electrons. The van der Waals surface area contributed by atoms with E-state index in [0.717, 1.165) is 0 Å². The Kier molecular flexibility index (Phi) is 12.0. The maximum atomic E-state index is 13.9. The van der Waals surface area contributed by atoms with Crippen LogP contribution < -0.4 is 29.6 Å². The van der Waals surface area contributed by atoms with E-state index in [4.69, 9.17) is 8.37 Å². The maximum absolute atomic E-state index is 13.9. The van der Waals surface area contributed by atoms with Crippen molar-refractivity contribution in [2.45, 2.75) is 9.79 Å². The number of hydrogen-bond donors (Lipinski definition) is 4. The van der Waals surface area contributed by atoms with Gasteiger partial charge >= 0.3 is 32.3 Å². The zero-order valence-corrected chi connectivity index (χ0v) is 33.9. The van der Waals surface area contributed by atoms with E-state index in [-0.39, 0.29) is 44.7 Å². The molecule has 8 rings (SSSR count). The highest BCUT2D eigenvalue weighted by atomic mass is 32.2. The molecule has 18 heteroatoms. The lowest BCUT2D eigenvalue weighted by Gasteiger charge is -2.12. The molecule has 8 aromatic rings. The summed E-state index contributed by atoms with van der Waals surface area (Å²) in [5.74, 6) is 0.0836. The van der Waals surface area contributed by atoms with E-state index < -0.39 is 32.3 Å². The first kappa shape index (κ1) is 40.6. The zero-order valence-electron chi connectivity index (χ0n) is 32.3. The van der Waals surface area contributed by atoms with Crippen LogP contribution >= 0.6 is 0 Å². The van der Waals surface area contributed by atoms with Crippen LogP contribution in [0.15, 0.2) is 180 Å². The summed E-state index contributed by atoms with van der Waals surface area (Å²) in [4.78, 5) is 25.2. The summed E-state index contributed by atoms with van der Waals surface area (Å²) < 4.78 is 66.8. The predicted octanol–water partition coefficient (Wildman–Crippen LogP) is 8.74. The topological polar surface area (TPSA) is 212 Å². The van der Waals surface area contributed by atoms with Crippen LogP contribution in [-0.2, 0) is 20.2 Å². The van der Waals surface area contributed by atoms with E-state index in [1.807, 2.05) is 72.8 Å². The molecular formula is C44H34N10O6S2. The molecule has 0 fully saturated rings. The third kappa shape index (κ3) is 10.5. The summed E-state index contributed by atoms with van der Waals surface area (Å²) in [7, 11) is -9.19. The predicted molar refractivity (Wildman–Crippen MR) is 236 cm³/mol. The molecule has 0 atom stereocenters. The van der Waals surface area contributed by atoms with Crippen molar-refractivity contribution < 1.29 is 25.2 Å². The largest absolute Gasteiger partial charge is 0.342 e. The Morgan fingerprint density at radius 3 is 0.887 bits per heavy atom. The van der Waals surface area contributed by atoms with Gasteiger partial charge in [0.05, 0.1) is 0 Å². The van der Waals surface area contributed by atoms with Crippen LogP contribution in [0.2, 0.25) is 0 Å². The molecule has 0 amide bonds. The quantitative estimate of drug-likeness (QED) is 0.0528. The van der Waals surface area contributed by atoms with Crippen LogP contribution in [0.1, 0.15) is 11.1 Å². The summed E-state index contributed by atoms with van der Waals surface area (Å²) in [5.41, 5.74) is 2.92. The first-order chi connectivity index (χ1) is 30.1. The minimum absolute atomic E-state index is 0.0209. The van der Waals surface area contributed by atoms with E-state index in [9.17, 15) is 16.8 Å². The maximum Gasteiger partial charge on any atom is 0.342 e. The highest BCUT2D eigenvalue weighted by Crippen LogP contribution is 2.28. The Morgan fingerprint density at radius 2 is 0.597 bits per heavy atom. The van der Waals surface area contributed by atoms with Crippen LogP contribution in [0.5, 0.6) is 12.0 Å². The Balaban J connectivity index is 1.06. The molecule has 0 unspecified atom stereocenters. The average molecular weight is 863 g/mol. The number of aromatic nitrogens is 6. The highest BCUT2D eigenvalue weighted by molar-refractivity contribution is 7.87. The van der Waals surface area contributed by atoms with Crippen LogP contribution in [-0.4, -0.2) is 46.7 Å². The normalized spacial score (nSPS) is 11.4. The fraction of sp³-hybridized carbons (Fsp3) is 0. The van der Waals surface area contributed by atoms with Crippen molar-refractivity contribution in [3.05, 3.63) is 181 Å². The number of nitrogens with zero attached hydrogens (tertiary/aromatic N) is 6. The Hall–Kier alpha value is -8.22. The van der Waals surface area contributed by atoms with Crippen LogP contribution in [0.4, 0.5) is 46.5 Å². The van der Waals surface area contributed by atoms with Gasteiger partial charge < -0.3 is 29.6 Å². The Morgan fingerprint density at radius 1 is 0.339 bits per heavy atom. The van der Waals surface area contributed by atoms with Crippen molar-refractivity contribution in [2.75, 3.05) is 21.3 Å². The van der Waals surface area contributed by atoms with Crippen molar-refractivity contribution in [1.82, 2.24) is 29.9 Å². The fourth-order valence-electron chi connectivity index (χ4n) is 5.77. The third-order valence-corrected chi connectivity index (χ3v) is 11.1. The monoisotopic (exact) mass is 862 g/mol. The van der Waals surface area contributed by atoms with Gasteiger partial charge in [0.25, 0.3) is 0 Å².